The van der Waals surface area contributed by atoms with Gasteiger partial charge in [-0.15, -0.1) is 0 Å². The summed E-state index contributed by atoms with van der Waals surface area (Å²) in [5, 5.41) is 5.22. The first-order valence-electron chi connectivity index (χ1n) is 10.9. The summed E-state index contributed by atoms with van der Waals surface area (Å²) >= 11 is 0. The molecule has 0 unspecified atom stereocenters. The largest absolute Gasteiger partial charge is 0.489 e. The topological polar surface area (TPSA) is 70.7 Å². The van der Waals surface area contributed by atoms with Crippen molar-refractivity contribution >= 4 is 11.9 Å². The third kappa shape index (κ3) is 4.53. The molecule has 2 fully saturated rings. The molecule has 2 aromatic rings. The number of imide groups is 1. The molecule has 7 heteroatoms. The molecule has 2 N–H and O–H groups in total. The highest BCUT2D eigenvalue weighted by Crippen LogP contribution is 2.35. The van der Waals surface area contributed by atoms with E-state index in [2.05, 4.69) is 28.2 Å². The van der Waals surface area contributed by atoms with Gasteiger partial charge in [-0.2, -0.15) is 0 Å². The Bertz CT molecular complexity index is 1000. The Kier molecular flexibility index (Phi) is 6.55. The summed E-state index contributed by atoms with van der Waals surface area (Å²) in [6.45, 7) is 6.42. The molecule has 2 aliphatic heterocycles. The number of carbonyl (C=O) groups excluding carboxylic acids is 2. The van der Waals surface area contributed by atoms with Crippen LogP contribution in [0.1, 0.15) is 24.0 Å². The Labute approximate surface area is 187 Å². The normalized spacial score (nSPS) is 21.8. The number of hydrogen-bond acceptors (Lipinski definition) is 4. The molecule has 2 aromatic carbocycles. The minimum atomic E-state index is -1.13. The van der Waals surface area contributed by atoms with Crippen molar-refractivity contribution in [2.75, 3.05) is 19.7 Å². The summed E-state index contributed by atoms with van der Waals surface area (Å²) in [7, 11) is 0. The van der Waals surface area contributed by atoms with Crippen LogP contribution in [0.25, 0.3) is 0 Å². The molecule has 3 amide bonds. The van der Waals surface area contributed by atoms with Gasteiger partial charge >= 0.3 is 6.03 Å². The molecule has 2 aliphatic rings. The molecule has 4 rings (SSSR count). The molecule has 0 radical (unpaired) electrons. The Morgan fingerprint density at radius 1 is 1.09 bits per heavy atom. The van der Waals surface area contributed by atoms with E-state index in [-0.39, 0.29) is 24.1 Å². The molecule has 1 atom stereocenters. The van der Waals surface area contributed by atoms with Gasteiger partial charge in [0.05, 0.1) is 0 Å². The van der Waals surface area contributed by atoms with Gasteiger partial charge in [0.15, 0.2) is 0 Å². The lowest BCUT2D eigenvalue weighted by Gasteiger charge is -2.41. The second-order valence-electron chi connectivity index (χ2n) is 8.41. The molecule has 2 heterocycles. The highest BCUT2D eigenvalue weighted by Gasteiger charge is 2.52. The number of rotatable bonds is 8. The van der Waals surface area contributed by atoms with Gasteiger partial charge in [0.2, 0.25) is 0 Å². The zero-order chi connectivity index (χ0) is 22.6. The third-order valence-corrected chi connectivity index (χ3v) is 6.40. The van der Waals surface area contributed by atoms with Gasteiger partial charge in [0.1, 0.15) is 23.7 Å². The van der Waals surface area contributed by atoms with Crippen LogP contribution in [0.5, 0.6) is 5.75 Å². The van der Waals surface area contributed by atoms with Crippen LogP contribution in [-0.2, 0) is 17.8 Å². The van der Waals surface area contributed by atoms with Crippen LogP contribution in [0, 0.1) is 11.7 Å². The van der Waals surface area contributed by atoms with Crippen molar-refractivity contribution in [2.24, 2.45) is 5.92 Å². The number of likely N-dealkylation sites (tertiary alicyclic amines) is 1. The predicted octanol–water partition coefficient (Wildman–Crippen LogP) is 3.42. The lowest BCUT2D eigenvalue weighted by atomic mass is 9.74. The summed E-state index contributed by atoms with van der Waals surface area (Å²) in [4.78, 5) is 27.2. The minimum absolute atomic E-state index is 0.0861. The molecule has 2 saturated heterocycles. The summed E-state index contributed by atoms with van der Waals surface area (Å²) in [5.74, 6) is 0.0202. The number of benzene rings is 2. The number of nitrogens with one attached hydrogen (secondary N) is 2. The van der Waals surface area contributed by atoms with Gasteiger partial charge in [-0.3, -0.25) is 15.0 Å². The van der Waals surface area contributed by atoms with E-state index in [9.17, 15) is 14.0 Å². The lowest BCUT2D eigenvalue weighted by molar-refractivity contribution is -0.126. The molecule has 0 aromatic heterocycles. The first-order valence-corrected chi connectivity index (χ1v) is 10.9. The zero-order valence-corrected chi connectivity index (χ0v) is 18.0. The van der Waals surface area contributed by atoms with Crippen LogP contribution < -0.4 is 15.4 Å². The van der Waals surface area contributed by atoms with Gasteiger partial charge in [0.25, 0.3) is 5.91 Å². The number of hydrogen-bond donors (Lipinski definition) is 2. The quantitative estimate of drug-likeness (QED) is 0.490. The second-order valence-corrected chi connectivity index (χ2v) is 8.41. The average Bonchev–Trinajstić information content (AvgIpc) is 3.09. The molecular formula is C25H28FN3O3. The summed E-state index contributed by atoms with van der Waals surface area (Å²) in [6, 6.07) is 13.8. The fraction of sp³-hybridized carbons (Fsp3) is 0.360. The number of carbonyl (C=O) groups is 2. The standard InChI is InChI=1S/C25H28FN3O3/c1-2-15-32-22-10-6-4-8-19(22)17-29-13-11-20(12-14-29)25(23(30)27-24(31)28-25)16-18-7-3-5-9-21(18)26/h2-10,20H,1,11-17H2,(H2,27,28,30,31)/t25-/m1/s1. The van der Waals surface area contributed by atoms with Crippen molar-refractivity contribution in [3.63, 3.8) is 0 Å². The van der Waals surface area contributed by atoms with E-state index in [4.69, 9.17) is 4.74 Å². The van der Waals surface area contributed by atoms with Crippen molar-refractivity contribution in [1.82, 2.24) is 15.5 Å². The molecule has 0 aliphatic carbocycles. The van der Waals surface area contributed by atoms with Gasteiger partial charge in [-0.25, -0.2) is 9.18 Å². The summed E-state index contributed by atoms with van der Waals surface area (Å²) in [5.41, 5.74) is 0.400. The molecule has 32 heavy (non-hydrogen) atoms. The van der Waals surface area contributed by atoms with Crippen molar-refractivity contribution in [1.29, 1.82) is 0 Å². The Hall–Kier alpha value is -3.19. The van der Waals surface area contributed by atoms with Gasteiger partial charge in [-0.1, -0.05) is 49.1 Å². The van der Waals surface area contributed by atoms with Crippen LogP contribution >= 0.6 is 0 Å². The van der Waals surface area contributed by atoms with Crippen molar-refractivity contribution in [2.45, 2.75) is 31.3 Å². The van der Waals surface area contributed by atoms with Gasteiger partial charge < -0.3 is 10.1 Å². The smallest absolute Gasteiger partial charge is 0.322 e. The van der Waals surface area contributed by atoms with Crippen molar-refractivity contribution in [3.05, 3.63) is 78.1 Å². The Balaban J connectivity index is 1.47. The summed E-state index contributed by atoms with van der Waals surface area (Å²) in [6.07, 6.45) is 3.30. The van der Waals surface area contributed by atoms with E-state index in [0.29, 0.717) is 12.2 Å². The van der Waals surface area contributed by atoms with Crippen LogP contribution in [0.3, 0.4) is 0 Å². The molecule has 0 spiro atoms. The maximum absolute atomic E-state index is 14.4. The molecule has 0 bridgehead atoms. The number of para-hydroxylation sites is 1. The van der Waals surface area contributed by atoms with E-state index >= 15 is 0 Å². The molecule has 6 nitrogen and oxygen atoms in total. The van der Waals surface area contributed by atoms with Gasteiger partial charge in [0, 0.05) is 18.5 Å². The molecular weight excluding hydrogens is 409 g/mol. The highest BCUT2D eigenvalue weighted by atomic mass is 19.1. The first-order chi connectivity index (χ1) is 15.5. The number of amides is 3. The highest BCUT2D eigenvalue weighted by molar-refractivity contribution is 6.07. The number of urea groups is 1. The van der Waals surface area contributed by atoms with Crippen molar-refractivity contribution < 1.29 is 18.7 Å². The van der Waals surface area contributed by atoms with Crippen LogP contribution in [0.4, 0.5) is 9.18 Å². The fourth-order valence-electron chi connectivity index (χ4n) is 4.75. The zero-order valence-electron chi connectivity index (χ0n) is 18.0. The van der Waals surface area contributed by atoms with Crippen LogP contribution in [0.2, 0.25) is 0 Å². The predicted molar refractivity (Wildman–Crippen MR) is 120 cm³/mol. The molecule has 0 saturated carbocycles. The van der Waals surface area contributed by atoms with Crippen molar-refractivity contribution in [3.8, 4) is 5.75 Å². The number of piperidine rings is 1. The Morgan fingerprint density at radius 2 is 1.78 bits per heavy atom. The third-order valence-electron chi connectivity index (χ3n) is 6.40. The fourth-order valence-corrected chi connectivity index (χ4v) is 4.75. The van der Waals surface area contributed by atoms with E-state index in [1.54, 1.807) is 24.3 Å². The maximum Gasteiger partial charge on any atom is 0.322 e. The van der Waals surface area contributed by atoms with E-state index < -0.39 is 11.6 Å². The number of halogens is 1. The Morgan fingerprint density at radius 3 is 2.44 bits per heavy atom. The van der Waals surface area contributed by atoms with E-state index in [1.807, 2.05) is 18.2 Å². The average molecular weight is 438 g/mol. The minimum Gasteiger partial charge on any atom is -0.489 e. The van der Waals surface area contributed by atoms with E-state index in [1.165, 1.54) is 6.07 Å². The SMILES string of the molecule is C=CCOc1ccccc1CN1CCC([C@@]2(Cc3ccccc3F)NC(=O)NC2=O)CC1. The van der Waals surface area contributed by atoms with Gasteiger partial charge in [-0.05, 0) is 49.5 Å². The number of ether oxygens (including phenoxy) is 1. The number of nitrogens with zero attached hydrogens (tertiary/aromatic N) is 1. The summed E-state index contributed by atoms with van der Waals surface area (Å²) < 4.78 is 20.1. The molecule has 168 valence electrons. The second kappa shape index (κ2) is 9.53. The van der Waals surface area contributed by atoms with Crippen LogP contribution in [-0.4, -0.2) is 42.1 Å². The lowest BCUT2D eigenvalue weighted by Crippen LogP contribution is -2.57. The monoisotopic (exact) mass is 437 g/mol. The maximum atomic E-state index is 14.4. The van der Waals surface area contributed by atoms with Crippen LogP contribution in [0.15, 0.2) is 61.2 Å². The first kappa shape index (κ1) is 22.0. The van der Waals surface area contributed by atoms with E-state index in [0.717, 1.165) is 43.8 Å².